The van der Waals surface area contributed by atoms with E-state index in [4.69, 9.17) is 6.57 Å². The highest BCUT2D eigenvalue weighted by atomic mass is 15.1. The van der Waals surface area contributed by atoms with Crippen LogP contribution in [-0.2, 0) is 0 Å². The third-order valence-corrected chi connectivity index (χ3v) is 9.36. The van der Waals surface area contributed by atoms with Crippen LogP contribution in [0.25, 0.3) is 65.0 Å². The zero-order chi connectivity index (χ0) is 32.2. The third-order valence-electron chi connectivity index (χ3n) is 9.36. The second-order valence-electron chi connectivity index (χ2n) is 12.0. The number of nitrogens with zero attached hydrogens (tertiary/aromatic N) is 4. The Balaban J connectivity index is 1.17. The molecule has 4 nitrogen and oxygen atoms in total. The zero-order valence-electron chi connectivity index (χ0n) is 25.8. The van der Waals surface area contributed by atoms with Crippen molar-refractivity contribution in [1.29, 1.82) is 5.26 Å². The lowest BCUT2D eigenvalue weighted by Crippen LogP contribution is -2.09. The van der Waals surface area contributed by atoms with Gasteiger partial charge in [-0.3, -0.25) is 0 Å². The minimum atomic E-state index is 0.595. The number of nitriles is 1. The van der Waals surface area contributed by atoms with E-state index < -0.39 is 0 Å². The molecule has 1 heterocycles. The van der Waals surface area contributed by atoms with E-state index in [9.17, 15) is 5.26 Å². The van der Waals surface area contributed by atoms with E-state index in [0.717, 1.165) is 33.5 Å². The van der Waals surface area contributed by atoms with Crippen molar-refractivity contribution in [3.05, 3.63) is 175 Å². The minimum Gasteiger partial charge on any atom is -0.311 e. The molecule has 9 rings (SSSR count). The highest BCUT2D eigenvalue weighted by Crippen LogP contribution is 2.43. The summed E-state index contributed by atoms with van der Waals surface area (Å²) in [4.78, 5) is 5.72. The first kappa shape index (κ1) is 27.4. The molecular formula is C44H26N4. The summed E-state index contributed by atoms with van der Waals surface area (Å²) in [6.07, 6.45) is 0. The van der Waals surface area contributed by atoms with Crippen LogP contribution in [0.2, 0.25) is 0 Å². The van der Waals surface area contributed by atoms with Crippen molar-refractivity contribution in [1.82, 2.24) is 4.57 Å². The van der Waals surface area contributed by atoms with Crippen LogP contribution in [0.4, 0.5) is 22.7 Å². The Morgan fingerprint density at radius 2 is 1.25 bits per heavy atom. The molecule has 0 aliphatic rings. The van der Waals surface area contributed by atoms with E-state index in [0.29, 0.717) is 11.3 Å². The molecule has 0 amide bonds. The summed E-state index contributed by atoms with van der Waals surface area (Å²) in [6, 6.07) is 56.9. The molecule has 0 aliphatic carbocycles. The first-order chi connectivity index (χ1) is 23.7. The fraction of sp³-hybridized carbons (Fsp3) is 0. The van der Waals surface area contributed by atoms with Gasteiger partial charge in [0.15, 0.2) is 5.69 Å². The number of anilines is 3. The van der Waals surface area contributed by atoms with E-state index in [-0.39, 0.29) is 0 Å². The van der Waals surface area contributed by atoms with Gasteiger partial charge in [-0.15, -0.1) is 0 Å². The van der Waals surface area contributed by atoms with Crippen molar-refractivity contribution >= 4 is 66.1 Å². The van der Waals surface area contributed by atoms with Gasteiger partial charge in [-0.2, -0.15) is 5.26 Å². The maximum absolute atomic E-state index is 9.37. The van der Waals surface area contributed by atoms with Crippen LogP contribution in [0.15, 0.2) is 158 Å². The molecule has 0 spiro atoms. The van der Waals surface area contributed by atoms with Gasteiger partial charge in [0.1, 0.15) is 0 Å². The fourth-order valence-corrected chi connectivity index (χ4v) is 7.14. The number of aromatic nitrogens is 1. The molecule has 0 fully saturated rings. The predicted molar refractivity (Wildman–Crippen MR) is 198 cm³/mol. The Hall–Kier alpha value is -6.88. The number of hydrogen-bond acceptors (Lipinski definition) is 2. The molecule has 0 unspecified atom stereocenters. The van der Waals surface area contributed by atoms with Crippen LogP contribution in [0.1, 0.15) is 5.56 Å². The van der Waals surface area contributed by atoms with Gasteiger partial charge < -0.3 is 9.47 Å². The van der Waals surface area contributed by atoms with Gasteiger partial charge in [-0.25, -0.2) is 4.85 Å². The summed E-state index contributed by atoms with van der Waals surface area (Å²) < 4.78 is 2.38. The summed E-state index contributed by atoms with van der Waals surface area (Å²) in [7, 11) is 0. The van der Waals surface area contributed by atoms with E-state index in [1.807, 2.05) is 48.5 Å². The van der Waals surface area contributed by atoms with Gasteiger partial charge in [-0.1, -0.05) is 78.9 Å². The summed E-state index contributed by atoms with van der Waals surface area (Å²) in [5, 5.41) is 16.7. The molecule has 48 heavy (non-hydrogen) atoms. The Morgan fingerprint density at radius 1 is 0.562 bits per heavy atom. The van der Waals surface area contributed by atoms with Crippen LogP contribution < -0.4 is 4.90 Å². The molecule has 0 saturated carbocycles. The first-order valence-electron chi connectivity index (χ1n) is 15.9. The second-order valence-corrected chi connectivity index (χ2v) is 12.0. The maximum Gasteiger partial charge on any atom is 0.187 e. The molecule has 8 aromatic carbocycles. The molecule has 0 bridgehead atoms. The van der Waals surface area contributed by atoms with Crippen LogP contribution in [0, 0.1) is 17.9 Å². The Kier molecular flexibility index (Phi) is 6.22. The van der Waals surface area contributed by atoms with Crippen LogP contribution in [0.5, 0.6) is 0 Å². The lowest BCUT2D eigenvalue weighted by Gasteiger charge is -2.26. The van der Waals surface area contributed by atoms with Crippen LogP contribution in [-0.4, -0.2) is 4.57 Å². The monoisotopic (exact) mass is 610 g/mol. The van der Waals surface area contributed by atoms with Gasteiger partial charge >= 0.3 is 0 Å². The number of fused-ring (bicyclic) bond motifs is 1. The molecule has 4 heteroatoms. The van der Waals surface area contributed by atoms with Crippen LogP contribution in [0.3, 0.4) is 0 Å². The molecule has 0 N–H and O–H groups in total. The summed E-state index contributed by atoms with van der Waals surface area (Å²) in [6.45, 7) is 7.38. The average Bonchev–Trinajstić information content (AvgIpc) is 3.50. The predicted octanol–water partition coefficient (Wildman–Crippen LogP) is 12.1. The van der Waals surface area contributed by atoms with Crippen molar-refractivity contribution in [2.45, 2.75) is 0 Å². The maximum atomic E-state index is 9.37. The van der Waals surface area contributed by atoms with E-state index >= 15 is 0 Å². The van der Waals surface area contributed by atoms with Crippen molar-refractivity contribution in [3.63, 3.8) is 0 Å². The standard InChI is InChI=1S/C44H26N4/c1-46-34-16-21-37(22-17-34)47(36-18-10-29(28-45)11-19-36)38-20-14-31-26-33(13-12-32(31)27-38)39-24-25-42-44-40(39)23-15-30-6-5-9-41(43(30)44)48(42)35-7-3-2-4-8-35/h2-27H. The van der Waals surface area contributed by atoms with Crippen LogP contribution >= 0.6 is 0 Å². The molecule has 9 aromatic rings. The average molecular weight is 611 g/mol. The first-order valence-corrected chi connectivity index (χ1v) is 15.9. The van der Waals surface area contributed by atoms with Crippen molar-refractivity contribution in [3.8, 4) is 22.9 Å². The van der Waals surface area contributed by atoms with Crippen molar-refractivity contribution < 1.29 is 0 Å². The van der Waals surface area contributed by atoms with Gasteiger partial charge in [0, 0.05) is 33.5 Å². The Morgan fingerprint density at radius 3 is 2.02 bits per heavy atom. The number of benzene rings is 8. The lowest BCUT2D eigenvalue weighted by molar-refractivity contribution is 1.18. The molecule has 0 aliphatic heterocycles. The molecule has 222 valence electrons. The molecular weight excluding hydrogens is 585 g/mol. The summed E-state index contributed by atoms with van der Waals surface area (Å²) in [5.74, 6) is 0. The number of rotatable bonds is 5. The normalized spacial score (nSPS) is 11.3. The summed E-state index contributed by atoms with van der Waals surface area (Å²) >= 11 is 0. The van der Waals surface area contributed by atoms with Gasteiger partial charge in [0.05, 0.1) is 29.2 Å². The summed E-state index contributed by atoms with van der Waals surface area (Å²) in [5.41, 5.74) is 10.1. The second kappa shape index (κ2) is 10.9. The smallest absolute Gasteiger partial charge is 0.187 e. The minimum absolute atomic E-state index is 0.595. The van der Waals surface area contributed by atoms with Crippen molar-refractivity contribution in [2.24, 2.45) is 0 Å². The van der Waals surface area contributed by atoms with Gasteiger partial charge in [0.2, 0.25) is 0 Å². The molecule has 0 radical (unpaired) electrons. The highest BCUT2D eigenvalue weighted by molar-refractivity contribution is 6.26. The molecule has 0 atom stereocenters. The topological polar surface area (TPSA) is 36.3 Å². The van der Waals surface area contributed by atoms with Gasteiger partial charge in [-0.05, 0) is 112 Å². The van der Waals surface area contributed by atoms with E-state index in [1.54, 1.807) is 0 Å². The Bertz CT molecular complexity index is 2670. The lowest BCUT2D eigenvalue weighted by atomic mass is 9.93. The third kappa shape index (κ3) is 4.29. The molecule has 1 aromatic heterocycles. The van der Waals surface area contributed by atoms with Gasteiger partial charge in [0.25, 0.3) is 0 Å². The SMILES string of the molecule is [C-]#[N+]c1ccc(N(c2ccc(C#N)cc2)c2ccc3cc(-c4ccc5c6c4ccc4cccc(c46)n5-c4ccccc4)ccc3c2)cc1. The quantitative estimate of drug-likeness (QED) is 0.144. The van der Waals surface area contributed by atoms with E-state index in [1.165, 1.54) is 43.7 Å². The van der Waals surface area contributed by atoms with E-state index in [2.05, 4.69) is 130 Å². The Labute approximate surface area is 277 Å². The zero-order valence-corrected chi connectivity index (χ0v) is 25.8. The number of para-hydroxylation sites is 1. The highest BCUT2D eigenvalue weighted by Gasteiger charge is 2.19. The number of hydrogen-bond donors (Lipinski definition) is 0. The van der Waals surface area contributed by atoms with Crippen molar-refractivity contribution in [2.75, 3.05) is 4.90 Å². The molecule has 0 saturated heterocycles. The largest absolute Gasteiger partial charge is 0.311 e. The fourth-order valence-electron chi connectivity index (χ4n) is 7.14.